The third kappa shape index (κ3) is 3.51. The average Bonchev–Trinajstić information content (AvgIpc) is 2.97. The van der Waals surface area contributed by atoms with E-state index in [1.165, 1.54) is 6.07 Å². The lowest BCUT2D eigenvalue weighted by Gasteiger charge is -2.29. The lowest BCUT2D eigenvalue weighted by atomic mass is 9.88. The molecule has 1 heterocycles. The number of aliphatic hydroxyl groups is 1. The van der Waals surface area contributed by atoms with Crippen LogP contribution in [0.4, 0.5) is 10.1 Å². The second-order valence-corrected chi connectivity index (χ2v) is 6.91. The number of esters is 1. The van der Waals surface area contributed by atoms with Crippen LogP contribution in [0, 0.1) is 11.7 Å². The van der Waals surface area contributed by atoms with Crippen molar-refractivity contribution in [2.45, 2.75) is 44.8 Å². The number of carbonyl (C=O) groups is 1. The fourth-order valence-electron chi connectivity index (χ4n) is 3.53. The van der Waals surface area contributed by atoms with Crippen molar-refractivity contribution >= 4 is 29.1 Å². The number of rotatable bonds is 4. The van der Waals surface area contributed by atoms with E-state index < -0.39 is 17.5 Å². The van der Waals surface area contributed by atoms with Crippen molar-refractivity contribution in [1.82, 2.24) is 0 Å². The van der Waals surface area contributed by atoms with Crippen LogP contribution in [0.3, 0.4) is 0 Å². The van der Waals surface area contributed by atoms with E-state index in [0.29, 0.717) is 5.84 Å². The number of aliphatic imine (C=N–C) groups is 1. The van der Waals surface area contributed by atoms with Gasteiger partial charge in [0.15, 0.2) is 5.82 Å². The maximum atomic E-state index is 14.6. The molecule has 3 rings (SSSR count). The number of halogens is 2. The monoisotopic (exact) mass is 368 g/mol. The second-order valence-electron chi connectivity index (χ2n) is 6.50. The number of carbonyl (C=O) groups excluding carboxylic acids is 1. The topological polar surface area (TPSA) is 62.1 Å². The maximum Gasteiger partial charge on any atom is 0.363 e. The molecule has 0 radical (unpaired) electrons. The van der Waals surface area contributed by atoms with Gasteiger partial charge in [0.2, 0.25) is 0 Å². The van der Waals surface area contributed by atoms with Gasteiger partial charge in [-0.3, -0.25) is 0 Å². The summed E-state index contributed by atoms with van der Waals surface area (Å²) in [4.78, 5) is 18.1. The standard InChI is InChI=1S/C18H22ClFN2O3/c1-2-25-17(23)18(24)11-22(14-10-6-9-13(19)15(14)20)16(21-18)12-7-4-3-5-8-12/h6,9-10,12,24H,2-5,7-8,11H2,1H3. The van der Waals surface area contributed by atoms with Gasteiger partial charge in [0.05, 0.1) is 23.9 Å². The van der Waals surface area contributed by atoms with E-state index in [2.05, 4.69) is 4.99 Å². The van der Waals surface area contributed by atoms with Gasteiger partial charge in [-0.15, -0.1) is 0 Å². The minimum atomic E-state index is -2.02. The van der Waals surface area contributed by atoms with Crippen molar-refractivity contribution in [2.75, 3.05) is 18.1 Å². The Morgan fingerprint density at radius 3 is 2.84 bits per heavy atom. The zero-order chi connectivity index (χ0) is 18.0. The molecule has 1 aliphatic carbocycles. The highest BCUT2D eigenvalue weighted by Gasteiger charge is 2.48. The first-order valence-corrected chi connectivity index (χ1v) is 9.05. The molecule has 0 amide bonds. The Morgan fingerprint density at radius 2 is 2.16 bits per heavy atom. The summed E-state index contributed by atoms with van der Waals surface area (Å²) in [6.45, 7) is 1.63. The summed E-state index contributed by atoms with van der Waals surface area (Å²) in [5.41, 5.74) is -1.80. The van der Waals surface area contributed by atoms with Gasteiger partial charge >= 0.3 is 5.97 Å². The summed E-state index contributed by atoms with van der Waals surface area (Å²) in [5, 5.41) is 10.7. The number of anilines is 1. The van der Waals surface area contributed by atoms with E-state index in [1.807, 2.05) is 0 Å². The van der Waals surface area contributed by atoms with Gasteiger partial charge in [-0.2, -0.15) is 0 Å². The molecular formula is C18H22ClFN2O3. The van der Waals surface area contributed by atoms with Gasteiger partial charge in [-0.05, 0) is 31.9 Å². The highest BCUT2D eigenvalue weighted by Crippen LogP contribution is 2.36. The van der Waals surface area contributed by atoms with E-state index in [1.54, 1.807) is 24.0 Å². The molecule has 7 heteroatoms. The van der Waals surface area contributed by atoms with Gasteiger partial charge < -0.3 is 14.7 Å². The van der Waals surface area contributed by atoms with Crippen LogP contribution in [0.2, 0.25) is 5.02 Å². The van der Waals surface area contributed by atoms with Gasteiger partial charge in [-0.25, -0.2) is 14.2 Å². The van der Waals surface area contributed by atoms with E-state index in [9.17, 15) is 14.3 Å². The molecule has 1 aromatic rings. The summed E-state index contributed by atoms with van der Waals surface area (Å²) in [6, 6.07) is 4.68. The molecule has 1 unspecified atom stereocenters. The number of β-amino-alcohol motifs (C(OH)–C–C–N with tert-alkyl or cyclic N) is 1. The summed E-state index contributed by atoms with van der Waals surface area (Å²) in [7, 11) is 0. The molecular weight excluding hydrogens is 347 g/mol. The molecule has 1 atom stereocenters. The van der Waals surface area contributed by atoms with Gasteiger partial charge in [0, 0.05) is 5.92 Å². The first kappa shape index (κ1) is 18.1. The van der Waals surface area contributed by atoms with Crippen molar-refractivity contribution in [3.8, 4) is 0 Å². The normalized spacial score (nSPS) is 24.3. The van der Waals surface area contributed by atoms with Crippen LogP contribution in [0.15, 0.2) is 23.2 Å². The molecule has 136 valence electrons. The van der Waals surface area contributed by atoms with Crippen LogP contribution in [0.1, 0.15) is 39.0 Å². The highest BCUT2D eigenvalue weighted by atomic mass is 35.5. The number of hydrogen-bond donors (Lipinski definition) is 1. The van der Waals surface area contributed by atoms with Crippen LogP contribution >= 0.6 is 11.6 Å². The molecule has 1 aliphatic heterocycles. The van der Waals surface area contributed by atoms with Crippen molar-refractivity contribution in [1.29, 1.82) is 0 Å². The molecule has 1 fully saturated rings. The minimum Gasteiger partial charge on any atom is -0.462 e. The first-order valence-electron chi connectivity index (χ1n) is 8.67. The van der Waals surface area contributed by atoms with Crippen molar-refractivity contribution in [3.63, 3.8) is 0 Å². The lowest BCUT2D eigenvalue weighted by Crippen LogP contribution is -2.44. The molecule has 0 saturated heterocycles. The second kappa shape index (κ2) is 7.30. The summed E-state index contributed by atoms with van der Waals surface area (Å²) < 4.78 is 19.5. The predicted octanol–water partition coefficient (Wildman–Crippen LogP) is 3.53. The Labute approximate surface area is 151 Å². The third-order valence-electron chi connectivity index (χ3n) is 4.75. The molecule has 5 nitrogen and oxygen atoms in total. The van der Waals surface area contributed by atoms with Crippen LogP contribution in [0.25, 0.3) is 0 Å². The van der Waals surface area contributed by atoms with E-state index in [0.717, 1.165) is 32.1 Å². The van der Waals surface area contributed by atoms with Crippen molar-refractivity contribution in [2.24, 2.45) is 10.9 Å². The zero-order valence-corrected chi connectivity index (χ0v) is 14.9. The number of benzene rings is 1. The van der Waals surface area contributed by atoms with Crippen LogP contribution in [-0.2, 0) is 9.53 Å². The Hall–Kier alpha value is -1.66. The number of amidine groups is 1. The molecule has 1 aromatic carbocycles. The first-order chi connectivity index (χ1) is 12.0. The fraction of sp³-hybridized carbons (Fsp3) is 0.556. The lowest BCUT2D eigenvalue weighted by molar-refractivity contribution is -0.162. The SMILES string of the molecule is CCOC(=O)C1(O)CN(c2cccc(Cl)c2F)C(C2CCCCC2)=N1. The smallest absolute Gasteiger partial charge is 0.363 e. The van der Waals surface area contributed by atoms with E-state index in [4.69, 9.17) is 16.3 Å². The van der Waals surface area contributed by atoms with Gasteiger partial charge in [-0.1, -0.05) is 36.9 Å². The number of nitrogens with zero attached hydrogens (tertiary/aromatic N) is 2. The van der Waals surface area contributed by atoms with E-state index in [-0.39, 0.29) is 29.8 Å². The highest BCUT2D eigenvalue weighted by molar-refractivity contribution is 6.31. The Balaban J connectivity index is 1.99. The Bertz CT molecular complexity index is 691. The Kier molecular flexibility index (Phi) is 5.29. The van der Waals surface area contributed by atoms with Crippen LogP contribution < -0.4 is 4.90 Å². The molecule has 2 aliphatic rings. The van der Waals surface area contributed by atoms with Gasteiger partial charge in [0.1, 0.15) is 5.84 Å². The molecule has 25 heavy (non-hydrogen) atoms. The molecule has 1 saturated carbocycles. The molecule has 1 N–H and O–H groups in total. The average molecular weight is 369 g/mol. The molecule has 0 bridgehead atoms. The largest absolute Gasteiger partial charge is 0.462 e. The zero-order valence-electron chi connectivity index (χ0n) is 14.2. The predicted molar refractivity (Wildman–Crippen MR) is 94.3 cm³/mol. The van der Waals surface area contributed by atoms with Crippen LogP contribution in [-0.4, -0.2) is 35.8 Å². The molecule has 0 aromatic heterocycles. The summed E-state index contributed by atoms with van der Waals surface area (Å²) in [6.07, 6.45) is 5.05. The van der Waals surface area contributed by atoms with E-state index >= 15 is 0 Å². The van der Waals surface area contributed by atoms with Crippen molar-refractivity contribution in [3.05, 3.63) is 29.0 Å². The van der Waals surface area contributed by atoms with Gasteiger partial charge in [0.25, 0.3) is 5.72 Å². The van der Waals surface area contributed by atoms with Crippen LogP contribution in [0.5, 0.6) is 0 Å². The Morgan fingerprint density at radius 1 is 1.44 bits per heavy atom. The third-order valence-corrected chi connectivity index (χ3v) is 5.04. The maximum absolute atomic E-state index is 14.6. The summed E-state index contributed by atoms with van der Waals surface area (Å²) in [5.74, 6) is -0.777. The fourth-order valence-corrected chi connectivity index (χ4v) is 3.70. The number of hydrogen-bond acceptors (Lipinski definition) is 5. The molecule has 0 spiro atoms. The quantitative estimate of drug-likeness (QED) is 0.826. The minimum absolute atomic E-state index is 0.00734. The van der Waals surface area contributed by atoms with Crippen molar-refractivity contribution < 1.29 is 19.0 Å². The summed E-state index contributed by atoms with van der Waals surface area (Å²) >= 11 is 5.91. The number of ether oxygens (including phenoxy) is 1.